The molecule has 1 fully saturated rings. The number of hydrogen-bond acceptors (Lipinski definition) is 7. The van der Waals surface area contributed by atoms with Crippen LogP contribution in [0, 0.1) is 5.92 Å². The van der Waals surface area contributed by atoms with E-state index in [4.69, 9.17) is 16.1 Å². The molecule has 0 aliphatic carbocycles. The summed E-state index contributed by atoms with van der Waals surface area (Å²) in [6, 6.07) is -0.191. The molecule has 3 heterocycles. The summed E-state index contributed by atoms with van der Waals surface area (Å²) in [6.07, 6.45) is 3.33. The Kier molecular flexibility index (Phi) is 5.82. The molecule has 2 aromatic rings. The van der Waals surface area contributed by atoms with Crippen molar-refractivity contribution in [1.29, 1.82) is 0 Å². The van der Waals surface area contributed by atoms with Crippen LogP contribution in [0.5, 0.6) is 0 Å². The van der Waals surface area contributed by atoms with Gasteiger partial charge in [0.2, 0.25) is 17.6 Å². The zero-order chi connectivity index (χ0) is 18.8. The average molecular weight is 398 g/mol. The normalized spacial score (nSPS) is 16.4. The molecular formula is C17H24ClN5O2S. The number of anilines is 1. The number of rotatable bonds is 6. The highest BCUT2D eigenvalue weighted by atomic mass is 35.5. The van der Waals surface area contributed by atoms with Crippen LogP contribution in [0.25, 0.3) is 10.7 Å². The second kappa shape index (κ2) is 7.92. The maximum atomic E-state index is 12.4. The minimum atomic E-state index is -0.191. The maximum Gasteiger partial charge on any atom is 0.249 e. The summed E-state index contributed by atoms with van der Waals surface area (Å²) in [5, 5.41) is 5.25. The molecule has 1 aliphatic rings. The van der Waals surface area contributed by atoms with E-state index >= 15 is 0 Å². The number of nitrogens with zero attached hydrogens (tertiary/aromatic N) is 5. The van der Waals surface area contributed by atoms with Crippen LogP contribution < -0.4 is 4.90 Å². The molecule has 0 radical (unpaired) electrons. The highest BCUT2D eigenvalue weighted by molar-refractivity contribution is 7.19. The van der Waals surface area contributed by atoms with Crippen molar-refractivity contribution in [2.24, 2.45) is 5.92 Å². The highest BCUT2D eigenvalue weighted by Gasteiger charge is 2.32. The van der Waals surface area contributed by atoms with E-state index in [-0.39, 0.29) is 11.9 Å². The zero-order valence-electron chi connectivity index (χ0n) is 15.5. The summed E-state index contributed by atoms with van der Waals surface area (Å²) in [6.45, 7) is 4.99. The van der Waals surface area contributed by atoms with E-state index in [1.54, 1.807) is 0 Å². The SMILES string of the molecule is CC(C)C[C@H](c1nc(-c2sc(N(C)C)nc2Cl)no1)N1CCCCC1=O. The quantitative estimate of drug-likeness (QED) is 0.732. The Balaban J connectivity index is 1.90. The molecule has 26 heavy (non-hydrogen) atoms. The second-order valence-corrected chi connectivity index (χ2v) is 8.49. The van der Waals surface area contributed by atoms with Gasteiger partial charge in [0.05, 0.1) is 0 Å². The van der Waals surface area contributed by atoms with Crippen molar-refractivity contribution in [3.8, 4) is 10.7 Å². The Labute approximate surface area is 162 Å². The van der Waals surface area contributed by atoms with Gasteiger partial charge in [-0.25, -0.2) is 4.98 Å². The number of halogens is 1. The topological polar surface area (TPSA) is 75.4 Å². The Hall–Kier alpha value is -1.67. The number of amides is 1. The number of thiazole rings is 1. The van der Waals surface area contributed by atoms with Crippen LogP contribution in [-0.2, 0) is 4.79 Å². The number of piperidine rings is 1. The zero-order valence-corrected chi connectivity index (χ0v) is 17.1. The van der Waals surface area contributed by atoms with Crippen LogP contribution in [0.3, 0.4) is 0 Å². The molecule has 0 saturated carbocycles. The molecule has 3 rings (SSSR count). The number of hydrogen-bond donors (Lipinski definition) is 0. The molecule has 0 bridgehead atoms. The van der Waals surface area contributed by atoms with E-state index in [0.717, 1.165) is 30.9 Å². The molecule has 1 saturated heterocycles. The fourth-order valence-electron chi connectivity index (χ4n) is 3.05. The smallest absolute Gasteiger partial charge is 0.249 e. The molecule has 0 spiro atoms. The fourth-order valence-corrected chi connectivity index (χ4v) is 4.18. The fraction of sp³-hybridized carbons (Fsp3) is 0.647. The minimum absolute atomic E-state index is 0.160. The molecule has 7 nitrogen and oxygen atoms in total. The summed E-state index contributed by atoms with van der Waals surface area (Å²) >= 11 is 7.67. The van der Waals surface area contributed by atoms with E-state index in [2.05, 4.69) is 29.0 Å². The molecule has 1 amide bonds. The van der Waals surface area contributed by atoms with Crippen molar-refractivity contribution < 1.29 is 9.32 Å². The van der Waals surface area contributed by atoms with Crippen LogP contribution in [0.4, 0.5) is 5.13 Å². The van der Waals surface area contributed by atoms with Gasteiger partial charge >= 0.3 is 0 Å². The minimum Gasteiger partial charge on any atom is -0.354 e. The lowest BCUT2D eigenvalue weighted by Gasteiger charge is -2.33. The third-order valence-electron chi connectivity index (χ3n) is 4.32. The van der Waals surface area contributed by atoms with E-state index in [1.165, 1.54) is 11.3 Å². The monoisotopic (exact) mass is 397 g/mol. The highest BCUT2D eigenvalue weighted by Crippen LogP contribution is 2.37. The molecule has 142 valence electrons. The van der Waals surface area contributed by atoms with Crippen LogP contribution in [0.2, 0.25) is 5.15 Å². The number of aromatic nitrogens is 3. The Morgan fingerprint density at radius 2 is 2.08 bits per heavy atom. The van der Waals surface area contributed by atoms with Gasteiger partial charge in [0.25, 0.3) is 0 Å². The Morgan fingerprint density at radius 1 is 1.31 bits per heavy atom. The molecule has 2 aromatic heterocycles. The summed E-state index contributed by atoms with van der Waals surface area (Å²) in [5.41, 5.74) is 0. The van der Waals surface area contributed by atoms with E-state index in [1.807, 2.05) is 23.9 Å². The van der Waals surface area contributed by atoms with E-state index in [0.29, 0.717) is 34.1 Å². The molecule has 1 aliphatic heterocycles. The first-order chi connectivity index (χ1) is 12.4. The van der Waals surface area contributed by atoms with Crippen molar-refractivity contribution in [2.75, 3.05) is 25.5 Å². The lowest BCUT2D eigenvalue weighted by atomic mass is 9.99. The lowest BCUT2D eigenvalue weighted by Crippen LogP contribution is -2.39. The first kappa shape index (κ1) is 19.1. The van der Waals surface area contributed by atoms with Gasteiger partial charge in [-0.2, -0.15) is 4.98 Å². The van der Waals surface area contributed by atoms with Gasteiger partial charge in [-0.05, 0) is 25.2 Å². The predicted molar refractivity (Wildman–Crippen MR) is 103 cm³/mol. The van der Waals surface area contributed by atoms with Crippen molar-refractivity contribution in [3.05, 3.63) is 11.0 Å². The predicted octanol–water partition coefficient (Wildman–Crippen LogP) is 4.01. The third-order valence-corrected chi connectivity index (χ3v) is 5.92. The van der Waals surface area contributed by atoms with Crippen LogP contribution in [-0.4, -0.2) is 46.6 Å². The molecule has 0 unspecified atom stereocenters. The number of likely N-dealkylation sites (tertiary alicyclic amines) is 1. The van der Waals surface area contributed by atoms with Crippen molar-refractivity contribution in [2.45, 2.75) is 45.6 Å². The van der Waals surface area contributed by atoms with Gasteiger partial charge in [-0.3, -0.25) is 4.79 Å². The molecule has 1 atom stereocenters. The number of carbonyl (C=O) groups is 1. The first-order valence-electron chi connectivity index (χ1n) is 8.84. The molecule has 9 heteroatoms. The van der Waals surface area contributed by atoms with E-state index in [9.17, 15) is 4.79 Å². The number of carbonyl (C=O) groups excluding carboxylic acids is 1. The Morgan fingerprint density at radius 3 is 2.69 bits per heavy atom. The van der Waals surface area contributed by atoms with Crippen molar-refractivity contribution >= 4 is 34.0 Å². The first-order valence-corrected chi connectivity index (χ1v) is 10.0. The van der Waals surface area contributed by atoms with Crippen molar-refractivity contribution in [1.82, 2.24) is 20.0 Å². The van der Waals surface area contributed by atoms with Crippen LogP contribution >= 0.6 is 22.9 Å². The van der Waals surface area contributed by atoms with Gasteiger partial charge in [0.15, 0.2) is 10.3 Å². The summed E-state index contributed by atoms with van der Waals surface area (Å²) in [5.74, 6) is 1.46. The molecule has 0 aromatic carbocycles. The molecule has 0 N–H and O–H groups in total. The lowest BCUT2D eigenvalue weighted by molar-refractivity contribution is -0.137. The van der Waals surface area contributed by atoms with Gasteiger partial charge in [0, 0.05) is 27.1 Å². The average Bonchev–Trinajstić information content (AvgIpc) is 3.19. The summed E-state index contributed by atoms with van der Waals surface area (Å²) < 4.78 is 5.56. The summed E-state index contributed by atoms with van der Waals surface area (Å²) in [4.78, 5) is 25.7. The molecular weight excluding hydrogens is 374 g/mol. The van der Waals surface area contributed by atoms with Gasteiger partial charge in [-0.1, -0.05) is 41.9 Å². The van der Waals surface area contributed by atoms with E-state index < -0.39 is 0 Å². The van der Waals surface area contributed by atoms with Gasteiger partial charge < -0.3 is 14.3 Å². The largest absolute Gasteiger partial charge is 0.354 e. The van der Waals surface area contributed by atoms with Crippen LogP contribution in [0.15, 0.2) is 4.52 Å². The van der Waals surface area contributed by atoms with Gasteiger partial charge in [0.1, 0.15) is 10.9 Å². The van der Waals surface area contributed by atoms with Crippen molar-refractivity contribution in [3.63, 3.8) is 0 Å². The maximum absolute atomic E-state index is 12.4. The summed E-state index contributed by atoms with van der Waals surface area (Å²) in [7, 11) is 3.81. The standard InChI is InChI=1S/C17H24ClN5O2S/c1-10(2)9-11(23-8-6-5-7-12(23)24)16-20-15(21-25-16)13-14(18)19-17(26-13)22(3)4/h10-11H,5-9H2,1-4H3/t11-/m1/s1. The van der Waals surface area contributed by atoms with Gasteiger partial charge in [-0.15, -0.1) is 0 Å². The second-order valence-electron chi connectivity index (χ2n) is 7.16. The third kappa shape index (κ3) is 4.01. The van der Waals surface area contributed by atoms with Crippen LogP contribution in [0.1, 0.15) is 51.5 Å². The Bertz CT molecular complexity index is 773.